The highest BCUT2D eigenvalue weighted by atomic mass is 35.5. The molecule has 1 aromatic carbocycles. The van der Waals surface area contributed by atoms with Gasteiger partial charge in [0, 0.05) is 47.2 Å². The van der Waals surface area contributed by atoms with Crippen molar-refractivity contribution in [2.75, 3.05) is 18.8 Å². The molecule has 35 heavy (non-hydrogen) atoms. The number of anilines is 1. The summed E-state index contributed by atoms with van der Waals surface area (Å²) in [5, 5.41) is 4.62. The van der Waals surface area contributed by atoms with Crippen LogP contribution in [0.5, 0.6) is 5.75 Å². The summed E-state index contributed by atoms with van der Waals surface area (Å²) in [6, 6.07) is 4.40. The smallest absolute Gasteiger partial charge is 0.410 e. The lowest BCUT2D eigenvalue weighted by Crippen LogP contribution is -2.52. The molecule has 3 heterocycles. The van der Waals surface area contributed by atoms with Crippen LogP contribution in [0.1, 0.15) is 45.4 Å². The molecule has 3 aromatic rings. The minimum atomic E-state index is -0.679. The van der Waals surface area contributed by atoms with Crippen LogP contribution in [0.2, 0.25) is 10.0 Å². The number of aromatic nitrogens is 3. The second-order valence-electron chi connectivity index (χ2n) is 9.37. The molecule has 1 atom stereocenters. The number of halogens is 3. The molecule has 8 nitrogen and oxygen atoms in total. The second-order valence-corrected chi connectivity index (χ2v) is 10.2. The number of nitrogen functional groups attached to an aromatic ring is 1. The molecule has 1 fully saturated rings. The number of benzene rings is 1. The van der Waals surface area contributed by atoms with E-state index in [0.717, 1.165) is 11.1 Å². The van der Waals surface area contributed by atoms with Crippen LogP contribution in [-0.4, -0.2) is 44.4 Å². The maximum atomic E-state index is 13.9. The molecule has 1 saturated heterocycles. The molecule has 0 bridgehead atoms. The number of pyridine rings is 1. The van der Waals surface area contributed by atoms with Gasteiger partial charge in [-0.3, -0.25) is 4.68 Å². The van der Waals surface area contributed by atoms with Gasteiger partial charge in [-0.05, 0) is 45.9 Å². The SMILES string of the molecule is CC(Oc1cc(-c2cnn(C3CN(C(=O)OC(C)(C)C)C3)c2)cnc1N)c1c(Cl)ccc(F)c1Cl. The normalized spacial score (nSPS) is 15.0. The Morgan fingerprint density at radius 2 is 1.94 bits per heavy atom. The van der Waals surface area contributed by atoms with E-state index >= 15 is 0 Å². The number of likely N-dealkylation sites (tertiary alicyclic amines) is 1. The van der Waals surface area contributed by atoms with E-state index in [0.29, 0.717) is 24.4 Å². The molecule has 1 amide bonds. The Kier molecular flexibility index (Phi) is 6.83. The first-order valence-corrected chi connectivity index (χ1v) is 11.8. The van der Waals surface area contributed by atoms with Gasteiger partial charge in [0.2, 0.25) is 0 Å². The fourth-order valence-corrected chi connectivity index (χ4v) is 4.34. The molecule has 11 heteroatoms. The van der Waals surface area contributed by atoms with E-state index in [1.54, 1.807) is 30.3 Å². The van der Waals surface area contributed by atoms with Gasteiger partial charge >= 0.3 is 6.09 Å². The van der Waals surface area contributed by atoms with Crippen LogP contribution in [0.25, 0.3) is 11.1 Å². The van der Waals surface area contributed by atoms with E-state index in [1.807, 2.05) is 31.6 Å². The van der Waals surface area contributed by atoms with Gasteiger partial charge in [-0.1, -0.05) is 23.2 Å². The number of rotatable bonds is 5. The van der Waals surface area contributed by atoms with Gasteiger partial charge in [-0.2, -0.15) is 5.10 Å². The summed E-state index contributed by atoms with van der Waals surface area (Å²) in [5.74, 6) is -0.113. The summed E-state index contributed by atoms with van der Waals surface area (Å²) in [6.45, 7) is 8.23. The molecule has 0 saturated carbocycles. The van der Waals surface area contributed by atoms with Crippen LogP contribution in [0.4, 0.5) is 15.0 Å². The Balaban J connectivity index is 1.47. The van der Waals surface area contributed by atoms with Crippen molar-refractivity contribution in [1.82, 2.24) is 19.7 Å². The second kappa shape index (κ2) is 9.54. The van der Waals surface area contributed by atoms with Gasteiger partial charge in [-0.25, -0.2) is 14.2 Å². The lowest BCUT2D eigenvalue weighted by atomic mass is 10.1. The van der Waals surface area contributed by atoms with Gasteiger partial charge in [0.25, 0.3) is 0 Å². The largest absolute Gasteiger partial charge is 0.482 e. The summed E-state index contributed by atoms with van der Waals surface area (Å²) >= 11 is 12.3. The van der Waals surface area contributed by atoms with Gasteiger partial charge < -0.3 is 20.1 Å². The zero-order chi connectivity index (χ0) is 25.5. The van der Waals surface area contributed by atoms with Crippen molar-refractivity contribution in [3.63, 3.8) is 0 Å². The predicted octanol–water partition coefficient (Wildman–Crippen LogP) is 5.91. The Morgan fingerprint density at radius 1 is 1.23 bits per heavy atom. The number of ether oxygens (including phenoxy) is 2. The highest BCUT2D eigenvalue weighted by molar-refractivity contribution is 6.36. The van der Waals surface area contributed by atoms with E-state index in [1.165, 1.54) is 12.1 Å². The van der Waals surface area contributed by atoms with Crippen LogP contribution in [0, 0.1) is 5.82 Å². The summed E-state index contributed by atoms with van der Waals surface area (Å²) in [7, 11) is 0. The molecule has 4 rings (SSSR count). The average Bonchev–Trinajstić information content (AvgIpc) is 3.20. The summed E-state index contributed by atoms with van der Waals surface area (Å²) < 4.78 is 27.1. The fraction of sp³-hybridized carbons (Fsp3) is 0.375. The molecule has 186 valence electrons. The Bertz CT molecular complexity index is 1250. The fourth-order valence-electron chi connectivity index (χ4n) is 3.66. The van der Waals surface area contributed by atoms with E-state index < -0.39 is 17.5 Å². The zero-order valence-corrected chi connectivity index (χ0v) is 21.3. The zero-order valence-electron chi connectivity index (χ0n) is 19.8. The molecule has 1 aliphatic heterocycles. The summed E-state index contributed by atoms with van der Waals surface area (Å²) in [6.07, 6.45) is 4.18. The van der Waals surface area contributed by atoms with Crippen LogP contribution in [0.15, 0.2) is 36.8 Å². The van der Waals surface area contributed by atoms with Gasteiger partial charge in [-0.15, -0.1) is 0 Å². The van der Waals surface area contributed by atoms with Crippen molar-refractivity contribution in [1.29, 1.82) is 0 Å². The van der Waals surface area contributed by atoms with Gasteiger partial charge in [0.1, 0.15) is 17.5 Å². The predicted molar refractivity (Wildman–Crippen MR) is 132 cm³/mol. The van der Waals surface area contributed by atoms with E-state index in [-0.39, 0.29) is 28.0 Å². The van der Waals surface area contributed by atoms with Crippen molar-refractivity contribution < 1.29 is 18.7 Å². The highest BCUT2D eigenvalue weighted by Crippen LogP contribution is 2.37. The molecule has 2 aromatic heterocycles. The van der Waals surface area contributed by atoms with Crippen molar-refractivity contribution in [2.24, 2.45) is 0 Å². The number of hydrogen-bond acceptors (Lipinski definition) is 6. The van der Waals surface area contributed by atoms with Crippen LogP contribution < -0.4 is 10.5 Å². The van der Waals surface area contributed by atoms with Gasteiger partial charge in [0.05, 0.1) is 17.3 Å². The molecular formula is C24H26Cl2FN5O3. The van der Waals surface area contributed by atoms with Crippen molar-refractivity contribution in [3.8, 4) is 16.9 Å². The van der Waals surface area contributed by atoms with Gasteiger partial charge in [0.15, 0.2) is 11.6 Å². The minimum Gasteiger partial charge on any atom is -0.482 e. The molecule has 1 aliphatic rings. The summed E-state index contributed by atoms with van der Waals surface area (Å²) in [5.41, 5.74) is 7.34. The Hall–Kier alpha value is -3.04. The first kappa shape index (κ1) is 25.1. The molecule has 1 unspecified atom stereocenters. The van der Waals surface area contributed by atoms with Crippen molar-refractivity contribution in [3.05, 3.63) is 58.2 Å². The average molecular weight is 522 g/mol. The number of nitrogens with two attached hydrogens (primary N) is 1. The van der Waals surface area contributed by atoms with Crippen LogP contribution >= 0.6 is 23.2 Å². The molecular weight excluding hydrogens is 496 g/mol. The number of hydrogen-bond donors (Lipinski definition) is 1. The van der Waals surface area contributed by atoms with Crippen molar-refractivity contribution in [2.45, 2.75) is 45.4 Å². The Labute approximate surface area is 212 Å². The number of nitrogens with zero attached hydrogens (tertiary/aromatic N) is 4. The Morgan fingerprint density at radius 3 is 2.63 bits per heavy atom. The van der Waals surface area contributed by atoms with E-state index in [9.17, 15) is 9.18 Å². The van der Waals surface area contributed by atoms with E-state index in [2.05, 4.69) is 10.1 Å². The monoisotopic (exact) mass is 521 g/mol. The minimum absolute atomic E-state index is 0.0472. The third kappa shape index (κ3) is 5.46. The molecule has 0 radical (unpaired) electrons. The molecule has 0 aliphatic carbocycles. The number of carbonyl (C=O) groups is 1. The first-order chi connectivity index (χ1) is 16.4. The molecule has 0 spiro atoms. The van der Waals surface area contributed by atoms with Crippen molar-refractivity contribution >= 4 is 35.1 Å². The lowest BCUT2D eigenvalue weighted by Gasteiger charge is -2.39. The maximum Gasteiger partial charge on any atom is 0.410 e. The third-order valence-electron chi connectivity index (χ3n) is 5.49. The summed E-state index contributed by atoms with van der Waals surface area (Å²) in [4.78, 5) is 18.0. The first-order valence-electron chi connectivity index (χ1n) is 11.0. The molecule has 2 N–H and O–H groups in total. The quantitative estimate of drug-likeness (QED) is 0.419. The number of amides is 1. The van der Waals surface area contributed by atoms with E-state index in [4.69, 9.17) is 38.4 Å². The highest BCUT2D eigenvalue weighted by Gasteiger charge is 2.35. The topological polar surface area (TPSA) is 95.5 Å². The van der Waals surface area contributed by atoms with Crippen LogP contribution in [0.3, 0.4) is 0 Å². The third-order valence-corrected chi connectivity index (χ3v) is 6.21. The number of carbonyl (C=O) groups excluding carboxylic acids is 1. The standard InChI is InChI=1S/C24H26Cl2FN5O3/c1-13(20-17(25)5-6-18(27)21(20)26)34-19-7-14(8-29-22(19)28)15-9-30-32(10-15)16-11-31(12-16)23(33)35-24(2,3)4/h5-10,13,16H,11-12H2,1-4H3,(H2,28,29). The lowest BCUT2D eigenvalue weighted by molar-refractivity contribution is -0.000383. The van der Waals surface area contributed by atoms with Crippen LogP contribution in [-0.2, 0) is 4.74 Å². The maximum absolute atomic E-state index is 13.9.